The zero-order chi connectivity index (χ0) is 19.4. The number of hydrogen-bond acceptors (Lipinski definition) is 5. The van der Waals surface area contributed by atoms with Crippen molar-refractivity contribution >= 4 is 29.9 Å². The molecule has 3 N–H and O–H groups in total. The number of carbonyl (C=O) groups is 1. The van der Waals surface area contributed by atoms with E-state index in [1.165, 1.54) is 6.20 Å². The van der Waals surface area contributed by atoms with Gasteiger partial charge < -0.3 is 15.4 Å². The Morgan fingerprint density at radius 3 is 2.89 bits per heavy atom. The van der Waals surface area contributed by atoms with Crippen molar-refractivity contribution in [3.8, 4) is 17.3 Å². The van der Waals surface area contributed by atoms with Crippen molar-refractivity contribution < 1.29 is 9.90 Å². The first-order chi connectivity index (χ1) is 13.0. The molecule has 0 aliphatic heterocycles. The number of carbonyl (C=O) groups excluding carboxylic acids is 1. The molecule has 10 heteroatoms. The standard InChI is InChI=1S/C18H17ClN6O2.ClH/c1-11(22-18(27)16-8-21-17(10-26)23-16)9-25-5-4-15(24-25)12-2-3-13(7-20)14(19)6-12;/h2-6,8,11,26H,9-10H2,1H3,(H,21,23)(H,22,27);1H/t11-;/m0./s1. The molecule has 28 heavy (non-hydrogen) atoms. The van der Waals surface area contributed by atoms with Gasteiger partial charge in [0.15, 0.2) is 0 Å². The minimum absolute atomic E-state index is 0. The normalized spacial score (nSPS) is 11.4. The van der Waals surface area contributed by atoms with Gasteiger partial charge in [-0.15, -0.1) is 12.4 Å². The molecule has 8 nitrogen and oxygen atoms in total. The van der Waals surface area contributed by atoms with Crippen molar-refractivity contribution in [3.63, 3.8) is 0 Å². The van der Waals surface area contributed by atoms with Crippen molar-refractivity contribution in [1.29, 1.82) is 5.26 Å². The summed E-state index contributed by atoms with van der Waals surface area (Å²) >= 11 is 6.07. The van der Waals surface area contributed by atoms with Crippen LogP contribution in [0, 0.1) is 11.3 Å². The molecule has 146 valence electrons. The molecule has 0 saturated carbocycles. The number of amides is 1. The summed E-state index contributed by atoms with van der Waals surface area (Å²) in [5.41, 5.74) is 2.17. The summed E-state index contributed by atoms with van der Waals surface area (Å²) in [5.74, 6) is 0.00954. The molecule has 0 unspecified atom stereocenters. The number of hydrogen-bond donors (Lipinski definition) is 3. The van der Waals surface area contributed by atoms with Gasteiger partial charge in [0, 0.05) is 24.0 Å². The van der Waals surface area contributed by atoms with Gasteiger partial charge in [-0.3, -0.25) is 9.48 Å². The van der Waals surface area contributed by atoms with E-state index in [0.717, 1.165) is 11.3 Å². The number of nitriles is 1. The second-order valence-corrected chi connectivity index (χ2v) is 6.40. The molecular formula is C18H18Cl2N6O2. The van der Waals surface area contributed by atoms with Crippen LogP contribution in [0.25, 0.3) is 11.3 Å². The van der Waals surface area contributed by atoms with Gasteiger partial charge in [0.05, 0.1) is 22.8 Å². The zero-order valence-corrected chi connectivity index (χ0v) is 16.5. The summed E-state index contributed by atoms with van der Waals surface area (Å²) in [6, 6.07) is 8.82. The van der Waals surface area contributed by atoms with Crippen molar-refractivity contribution in [1.82, 2.24) is 25.1 Å². The van der Waals surface area contributed by atoms with Gasteiger partial charge in [0.1, 0.15) is 24.2 Å². The van der Waals surface area contributed by atoms with Gasteiger partial charge in [-0.25, -0.2) is 4.98 Å². The molecule has 3 rings (SSSR count). The molecule has 0 radical (unpaired) electrons. The summed E-state index contributed by atoms with van der Waals surface area (Å²) < 4.78 is 1.72. The second-order valence-electron chi connectivity index (χ2n) is 5.99. The third kappa shape index (κ3) is 4.89. The van der Waals surface area contributed by atoms with Gasteiger partial charge in [0.2, 0.25) is 0 Å². The summed E-state index contributed by atoms with van der Waals surface area (Å²) in [6.45, 7) is 2.07. The highest BCUT2D eigenvalue weighted by molar-refractivity contribution is 6.32. The van der Waals surface area contributed by atoms with E-state index in [9.17, 15) is 4.79 Å². The van der Waals surface area contributed by atoms with E-state index in [1.54, 1.807) is 22.9 Å². The van der Waals surface area contributed by atoms with Crippen molar-refractivity contribution in [2.75, 3.05) is 0 Å². The van der Waals surface area contributed by atoms with E-state index in [-0.39, 0.29) is 36.7 Å². The maximum atomic E-state index is 12.2. The van der Waals surface area contributed by atoms with Crippen LogP contribution in [0.15, 0.2) is 36.7 Å². The van der Waals surface area contributed by atoms with Gasteiger partial charge in [-0.05, 0) is 25.1 Å². The predicted octanol–water partition coefficient (Wildman–Crippen LogP) is 2.53. The predicted molar refractivity (Wildman–Crippen MR) is 106 cm³/mol. The fourth-order valence-electron chi connectivity index (χ4n) is 2.57. The maximum Gasteiger partial charge on any atom is 0.271 e. The third-order valence-electron chi connectivity index (χ3n) is 3.88. The molecule has 1 aromatic carbocycles. The molecule has 1 amide bonds. The van der Waals surface area contributed by atoms with E-state index in [4.69, 9.17) is 22.0 Å². The number of imidazole rings is 1. The number of nitrogens with one attached hydrogen (secondary N) is 2. The molecule has 0 bridgehead atoms. The minimum Gasteiger partial charge on any atom is -0.388 e. The average molecular weight is 421 g/mol. The molecule has 0 aliphatic rings. The van der Waals surface area contributed by atoms with Crippen LogP contribution in [-0.2, 0) is 13.2 Å². The number of aromatic amines is 1. The largest absolute Gasteiger partial charge is 0.388 e. The highest BCUT2D eigenvalue weighted by atomic mass is 35.5. The van der Waals surface area contributed by atoms with Gasteiger partial charge in [-0.2, -0.15) is 10.4 Å². The fraction of sp³-hybridized carbons (Fsp3) is 0.222. The van der Waals surface area contributed by atoms with Crippen molar-refractivity contribution in [3.05, 3.63) is 58.8 Å². The lowest BCUT2D eigenvalue weighted by Crippen LogP contribution is -2.36. The summed E-state index contributed by atoms with van der Waals surface area (Å²) in [5, 5.41) is 25.6. The van der Waals surface area contributed by atoms with Crippen molar-refractivity contribution in [2.24, 2.45) is 0 Å². The van der Waals surface area contributed by atoms with Crippen LogP contribution in [0.5, 0.6) is 0 Å². The molecule has 1 atom stereocenters. The topological polar surface area (TPSA) is 120 Å². The number of halogens is 2. The highest BCUT2D eigenvalue weighted by Gasteiger charge is 2.14. The number of aliphatic hydroxyl groups is 1. The molecule has 3 aromatic rings. The first-order valence-corrected chi connectivity index (χ1v) is 8.57. The first-order valence-electron chi connectivity index (χ1n) is 8.19. The Morgan fingerprint density at radius 1 is 1.46 bits per heavy atom. The number of aromatic nitrogens is 4. The van der Waals surface area contributed by atoms with E-state index in [1.807, 2.05) is 25.3 Å². The molecular weight excluding hydrogens is 403 g/mol. The zero-order valence-electron chi connectivity index (χ0n) is 14.9. The van der Waals surface area contributed by atoms with Gasteiger partial charge >= 0.3 is 0 Å². The maximum absolute atomic E-state index is 12.2. The minimum atomic E-state index is -0.329. The molecule has 0 fully saturated rings. The molecule has 0 aliphatic carbocycles. The Labute approximate surface area is 172 Å². The first kappa shape index (κ1) is 21.4. The van der Waals surface area contributed by atoms with E-state index < -0.39 is 0 Å². The summed E-state index contributed by atoms with van der Waals surface area (Å²) in [7, 11) is 0. The van der Waals surface area contributed by atoms with Crippen LogP contribution in [0.1, 0.15) is 28.8 Å². The second kappa shape index (κ2) is 9.37. The summed E-state index contributed by atoms with van der Waals surface area (Å²) in [6.07, 6.45) is 3.26. The Bertz CT molecular complexity index is 1010. The number of nitrogens with zero attached hydrogens (tertiary/aromatic N) is 4. The van der Waals surface area contributed by atoms with Crippen LogP contribution >= 0.6 is 24.0 Å². The lowest BCUT2D eigenvalue weighted by molar-refractivity contribution is 0.0931. The van der Waals surface area contributed by atoms with Crippen LogP contribution in [-0.4, -0.2) is 36.8 Å². The Kier molecular flexibility index (Phi) is 7.18. The van der Waals surface area contributed by atoms with Crippen LogP contribution in [0.3, 0.4) is 0 Å². The quantitative estimate of drug-likeness (QED) is 0.565. The lowest BCUT2D eigenvalue weighted by Gasteiger charge is -2.13. The monoisotopic (exact) mass is 420 g/mol. The van der Waals surface area contributed by atoms with E-state index >= 15 is 0 Å². The van der Waals surface area contributed by atoms with Gasteiger partial charge in [0.25, 0.3) is 5.91 Å². The Hall–Kier alpha value is -2.86. The fourth-order valence-corrected chi connectivity index (χ4v) is 2.79. The number of H-pyrrole nitrogens is 1. The van der Waals surface area contributed by atoms with Crippen LogP contribution in [0.4, 0.5) is 0 Å². The number of rotatable bonds is 6. The van der Waals surface area contributed by atoms with Crippen LogP contribution in [0.2, 0.25) is 5.02 Å². The SMILES string of the molecule is C[C@@H](Cn1ccc(-c2ccc(C#N)c(Cl)c2)n1)NC(=O)c1c[nH]c(CO)n1.Cl. The number of aliphatic hydroxyl groups excluding tert-OH is 1. The van der Waals surface area contributed by atoms with Crippen molar-refractivity contribution in [2.45, 2.75) is 26.1 Å². The number of benzene rings is 1. The Balaban J connectivity index is 0.00000280. The third-order valence-corrected chi connectivity index (χ3v) is 4.19. The van der Waals surface area contributed by atoms with E-state index in [0.29, 0.717) is 23.0 Å². The molecule has 2 heterocycles. The lowest BCUT2D eigenvalue weighted by atomic mass is 10.1. The highest BCUT2D eigenvalue weighted by Crippen LogP contribution is 2.24. The summed E-state index contributed by atoms with van der Waals surface area (Å²) in [4.78, 5) is 18.9. The van der Waals surface area contributed by atoms with E-state index in [2.05, 4.69) is 20.4 Å². The molecule has 2 aromatic heterocycles. The molecule has 0 spiro atoms. The average Bonchev–Trinajstić information content (AvgIpc) is 3.30. The Morgan fingerprint density at radius 2 is 2.25 bits per heavy atom. The van der Waals surface area contributed by atoms with Crippen LogP contribution < -0.4 is 5.32 Å². The molecule has 0 saturated heterocycles. The smallest absolute Gasteiger partial charge is 0.271 e. The van der Waals surface area contributed by atoms with Gasteiger partial charge in [-0.1, -0.05) is 17.7 Å².